The summed E-state index contributed by atoms with van der Waals surface area (Å²) in [5.41, 5.74) is 4.89. The quantitative estimate of drug-likeness (QED) is 0.862. The Morgan fingerprint density at radius 2 is 1.73 bits per heavy atom. The normalized spacial score (nSPS) is 13.9. The number of benzene rings is 2. The molecule has 112 valence electrons. The summed E-state index contributed by atoms with van der Waals surface area (Å²) in [7, 11) is 0. The van der Waals surface area contributed by atoms with Gasteiger partial charge in [0.1, 0.15) is 6.61 Å². The van der Waals surface area contributed by atoms with Crippen LogP contribution in [0.1, 0.15) is 24.0 Å². The minimum Gasteiger partial charge on any atom is -0.449 e. The molecule has 3 rings (SSSR count). The number of ether oxygens (including phenoxy) is 1. The molecule has 1 aliphatic rings. The zero-order valence-corrected chi connectivity index (χ0v) is 12.6. The summed E-state index contributed by atoms with van der Waals surface area (Å²) in [4.78, 5) is 11.8. The maximum atomic E-state index is 11.8. The summed E-state index contributed by atoms with van der Waals surface area (Å²) in [5.74, 6) is 0.0946. The fraction of sp³-hybridized carbons (Fsp3) is 0.211. The number of carbonyl (C=O) groups is 1. The third-order valence-electron chi connectivity index (χ3n) is 4.04. The van der Waals surface area contributed by atoms with Crippen LogP contribution >= 0.6 is 0 Å². The molecule has 1 aliphatic carbocycles. The Kier molecular flexibility index (Phi) is 3.96. The second kappa shape index (κ2) is 6.06. The Morgan fingerprint density at radius 3 is 2.27 bits per heavy atom. The molecule has 2 aromatic rings. The second-order valence-electron chi connectivity index (χ2n) is 5.49. The second-order valence-corrected chi connectivity index (χ2v) is 5.49. The van der Waals surface area contributed by atoms with Crippen molar-refractivity contribution in [2.45, 2.75) is 18.9 Å². The smallest absolute Gasteiger partial charge is 0.407 e. The van der Waals surface area contributed by atoms with Crippen LogP contribution in [-0.2, 0) is 4.74 Å². The number of alkyl carbamates (subject to hydrolysis) is 1. The molecule has 0 heterocycles. The van der Waals surface area contributed by atoms with E-state index in [0.717, 1.165) is 0 Å². The number of hydrogen-bond donors (Lipinski definition) is 1. The number of hydrogen-bond acceptors (Lipinski definition) is 2. The minimum atomic E-state index is -0.408. The molecule has 0 spiro atoms. The first-order chi connectivity index (χ1) is 10.7. The molecule has 3 heteroatoms. The van der Waals surface area contributed by atoms with E-state index in [0.29, 0.717) is 6.61 Å². The largest absolute Gasteiger partial charge is 0.449 e. The SMILES string of the molecule is C=C[C@@H](C)NC(=O)OCC1c2ccccc2-c2ccccc21. The van der Waals surface area contributed by atoms with Crippen molar-refractivity contribution in [3.63, 3.8) is 0 Å². The van der Waals surface area contributed by atoms with Crippen molar-refractivity contribution in [2.24, 2.45) is 0 Å². The molecule has 0 aliphatic heterocycles. The Morgan fingerprint density at radius 1 is 1.18 bits per heavy atom. The highest BCUT2D eigenvalue weighted by molar-refractivity contribution is 5.79. The lowest BCUT2D eigenvalue weighted by Crippen LogP contribution is -2.32. The van der Waals surface area contributed by atoms with E-state index in [1.807, 2.05) is 31.2 Å². The van der Waals surface area contributed by atoms with E-state index >= 15 is 0 Å². The van der Waals surface area contributed by atoms with E-state index in [2.05, 4.69) is 36.2 Å². The summed E-state index contributed by atoms with van der Waals surface area (Å²) in [6.45, 7) is 5.83. The van der Waals surface area contributed by atoms with Gasteiger partial charge in [0.2, 0.25) is 0 Å². The zero-order chi connectivity index (χ0) is 15.5. The third-order valence-corrected chi connectivity index (χ3v) is 4.04. The highest BCUT2D eigenvalue weighted by Crippen LogP contribution is 2.44. The standard InChI is InChI=1S/C19H19NO2/c1-3-13(2)20-19(21)22-12-18-16-10-6-4-8-14(16)15-9-5-7-11-17(15)18/h3-11,13,18H,1,12H2,2H3,(H,20,21)/t13-/m1/s1. The average molecular weight is 293 g/mol. The maximum Gasteiger partial charge on any atom is 0.407 e. The highest BCUT2D eigenvalue weighted by atomic mass is 16.5. The minimum absolute atomic E-state index is 0.0946. The maximum absolute atomic E-state index is 11.8. The van der Waals surface area contributed by atoms with Crippen molar-refractivity contribution in [2.75, 3.05) is 6.61 Å². The zero-order valence-electron chi connectivity index (χ0n) is 12.6. The molecule has 2 aromatic carbocycles. The lowest BCUT2D eigenvalue weighted by atomic mass is 9.98. The Labute approximate surface area is 130 Å². The van der Waals surface area contributed by atoms with Gasteiger partial charge in [-0.1, -0.05) is 54.6 Å². The van der Waals surface area contributed by atoms with Gasteiger partial charge in [-0.2, -0.15) is 0 Å². The average Bonchev–Trinajstić information content (AvgIpc) is 2.87. The molecule has 1 atom stereocenters. The van der Waals surface area contributed by atoms with Crippen LogP contribution in [0.2, 0.25) is 0 Å². The molecular formula is C19H19NO2. The Hall–Kier alpha value is -2.55. The monoisotopic (exact) mass is 293 g/mol. The molecule has 0 fully saturated rings. The van der Waals surface area contributed by atoms with Crippen molar-refractivity contribution in [3.05, 3.63) is 72.3 Å². The van der Waals surface area contributed by atoms with Gasteiger partial charge in [-0.15, -0.1) is 6.58 Å². The molecule has 0 unspecified atom stereocenters. The van der Waals surface area contributed by atoms with E-state index in [4.69, 9.17) is 4.74 Å². The summed E-state index contributed by atoms with van der Waals surface area (Å²) in [6, 6.07) is 16.5. The van der Waals surface area contributed by atoms with Crippen LogP contribution in [0.5, 0.6) is 0 Å². The lowest BCUT2D eigenvalue weighted by Gasteiger charge is -2.15. The van der Waals surface area contributed by atoms with Crippen LogP contribution in [0.3, 0.4) is 0 Å². The molecule has 0 radical (unpaired) electrons. The number of rotatable bonds is 4. The van der Waals surface area contributed by atoms with E-state index in [1.54, 1.807) is 6.08 Å². The molecular weight excluding hydrogens is 274 g/mol. The van der Waals surface area contributed by atoms with Gasteiger partial charge in [-0.05, 0) is 29.2 Å². The molecule has 0 aromatic heterocycles. The van der Waals surface area contributed by atoms with Crippen LogP contribution in [-0.4, -0.2) is 18.7 Å². The van der Waals surface area contributed by atoms with Crippen molar-refractivity contribution in [3.8, 4) is 11.1 Å². The lowest BCUT2D eigenvalue weighted by molar-refractivity contribution is 0.141. The fourth-order valence-electron chi connectivity index (χ4n) is 2.88. The first-order valence-electron chi connectivity index (χ1n) is 7.44. The number of fused-ring (bicyclic) bond motifs is 3. The summed E-state index contributed by atoms with van der Waals surface area (Å²) in [6.07, 6.45) is 1.26. The third kappa shape index (κ3) is 2.62. The predicted octanol–water partition coefficient (Wildman–Crippen LogP) is 4.10. The van der Waals surface area contributed by atoms with E-state index in [1.165, 1.54) is 22.3 Å². The van der Waals surface area contributed by atoms with Crippen LogP contribution in [0.4, 0.5) is 4.79 Å². The highest BCUT2D eigenvalue weighted by Gasteiger charge is 2.28. The van der Waals surface area contributed by atoms with E-state index in [9.17, 15) is 4.79 Å². The molecule has 1 N–H and O–H groups in total. The number of carbonyl (C=O) groups excluding carboxylic acids is 1. The van der Waals surface area contributed by atoms with Gasteiger partial charge in [-0.3, -0.25) is 0 Å². The van der Waals surface area contributed by atoms with Gasteiger partial charge in [-0.25, -0.2) is 4.79 Å². The summed E-state index contributed by atoms with van der Waals surface area (Å²) < 4.78 is 5.41. The first kappa shape index (κ1) is 14.4. The molecule has 0 saturated carbocycles. The number of nitrogens with one attached hydrogen (secondary N) is 1. The van der Waals surface area contributed by atoms with Gasteiger partial charge >= 0.3 is 6.09 Å². The summed E-state index contributed by atoms with van der Waals surface area (Å²) in [5, 5.41) is 2.72. The molecule has 0 saturated heterocycles. The van der Waals surface area contributed by atoms with Crippen LogP contribution in [0.15, 0.2) is 61.2 Å². The van der Waals surface area contributed by atoms with Crippen LogP contribution in [0.25, 0.3) is 11.1 Å². The molecule has 22 heavy (non-hydrogen) atoms. The molecule has 3 nitrogen and oxygen atoms in total. The van der Waals surface area contributed by atoms with Crippen molar-refractivity contribution >= 4 is 6.09 Å². The van der Waals surface area contributed by atoms with E-state index < -0.39 is 6.09 Å². The van der Waals surface area contributed by atoms with E-state index in [-0.39, 0.29) is 12.0 Å². The first-order valence-corrected chi connectivity index (χ1v) is 7.44. The molecule has 0 bridgehead atoms. The van der Waals surface area contributed by atoms with Crippen molar-refractivity contribution < 1.29 is 9.53 Å². The Balaban J connectivity index is 1.79. The Bertz CT molecular complexity index is 663. The van der Waals surface area contributed by atoms with Crippen LogP contribution in [0, 0.1) is 0 Å². The predicted molar refractivity (Wildman–Crippen MR) is 87.9 cm³/mol. The fourth-order valence-corrected chi connectivity index (χ4v) is 2.88. The van der Waals surface area contributed by atoms with Gasteiger partial charge in [0, 0.05) is 12.0 Å². The van der Waals surface area contributed by atoms with Gasteiger partial charge in [0.05, 0.1) is 0 Å². The molecule has 1 amide bonds. The van der Waals surface area contributed by atoms with Crippen LogP contribution < -0.4 is 5.32 Å². The topological polar surface area (TPSA) is 38.3 Å². The van der Waals surface area contributed by atoms with Gasteiger partial charge in [0.15, 0.2) is 0 Å². The van der Waals surface area contributed by atoms with Crippen molar-refractivity contribution in [1.82, 2.24) is 5.32 Å². The van der Waals surface area contributed by atoms with Gasteiger partial charge < -0.3 is 10.1 Å². The van der Waals surface area contributed by atoms with Crippen molar-refractivity contribution in [1.29, 1.82) is 0 Å². The summed E-state index contributed by atoms with van der Waals surface area (Å²) >= 11 is 0. The number of amides is 1. The van der Waals surface area contributed by atoms with Gasteiger partial charge in [0.25, 0.3) is 0 Å².